The van der Waals surface area contributed by atoms with Crippen LogP contribution in [0.5, 0.6) is 0 Å². The Morgan fingerprint density at radius 3 is 1.36 bits per heavy atom. The molecule has 0 fully saturated rings. The Labute approximate surface area is 512 Å². The highest BCUT2D eigenvalue weighted by atomic mass is 16.3. The minimum absolute atomic E-state index is 0.118. The van der Waals surface area contributed by atoms with E-state index in [2.05, 4.69) is 317 Å². The quantitative estimate of drug-likeness (QED) is 0.137. The van der Waals surface area contributed by atoms with Crippen LogP contribution in [0.1, 0.15) is 49.9 Å². The molecule has 0 radical (unpaired) electrons. The fourth-order valence-electron chi connectivity index (χ4n) is 14.7. The largest absolute Gasteiger partial charge is 0.456 e. The molecule has 13 aromatic carbocycles. The third-order valence-corrected chi connectivity index (χ3v) is 19.1. The SMILES string of the molecule is CC1(C)c2ccccc2-c2cc(N(c3ccc4c(c3)-c3ccccc3C4(C)C)c3cccc4oc5ccc(-c6ccccc6-c6cccc(-c7cccc(N(c8ccccc8)c8ccc(-c9ccc%10oc%11ccccc%11c%10c9)cc8)c7)c6)cc5c34)ccc21. The number of hydrogen-bond acceptors (Lipinski definition) is 4. The van der Waals surface area contributed by atoms with Crippen molar-refractivity contribution in [2.45, 2.75) is 38.5 Å². The first-order valence-electron chi connectivity index (χ1n) is 30.5. The Morgan fingerprint density at radius 1 is 0.239 bits per heavy atom. The van der Waals surface area contributed by atoms with Gasteiger partial charge in [0.1, 0.15) is 22.3 Å². The van der Waals surface area contributed by atoms with Crippen LogP contribution in [0, 0.1) is 0 Å². The molecule has 0 N–H and O–H groups in total. The van der Waals surface area contributed by atoms with E-state index in [4.69, 9.17) is 8.83 Å². The van der Waals surface area contributed by atoms with E-state index in [1.54, 1.807) is 0 Å². The molecular formula is C84H60N2O2. The molecule has 4 heteroatoms. The zero-order valence-electron chi connectivity index (χ0n) is 49.4. The summed E-state index contributed by atoms with van der Waals surface area (Å²) in [5, 5.41) is 4.39. The second-order valence-corrected chi connectivity index (χ2v) is 24.8. The summed E-state index contributed by atoms with van der Waals surface area (Å²) in [6.07, 6.45) is 0. The van der Waals surface area contributed by atoms with Crippen molar-refractivity contribution in [3.05, 3.63) is 313 Å². The molecule has 17 rings (SSSR count). The van der Waals surface area contributed by atoms with Gasteiger partial charge in [-0.15, -0.1) is 0 Å². The van der Waals surface area contributed by atoms with Gasteiger partial charge in [-0.1, -0.05) is 210 Å². The molecule has 0 saturated heterocycles. The Balaban J connectivity index is 0.747. The number of para-hydroxylation sites is 2. The molecule has 0 aliphatic heterocycles. The highest BCUT2D eigenvalue weighted by Crippen LogP contribution is 2.55. The summed E-state index contributed by atoms with van der Waals surface area (Å²) in [4.78, 5) is 4.82. The number of benzene rings is 13. The molecule has 88 heavy (non-hydrogen) atoms. The maximum atomic E-state index is 6.88. The van der Waals surface area contributed by atoms with E-state index in [1.807, 2.05) is 12.1 Å². The number of hydrogen-bond donors (Lipinski definition) is 0. The van der Waals surface area contributed by atoms with Crippen molar-refractivity contribution in [1.82, 2.24) is 0 Å². The molecule has 0 bridgehead atoms. The van der Waals surface area contributed by atoms with Gasteiger partial charge in [0, 0.05) is 55.4 Å². The summed E-state index contributed by atoms with van der Waals surface area (Å²) in [7, 11) is 0. The van der Waals surface area contributed by atoms with Gasteiger partial charge in [-0.2, -0.15) is 0 Å². The van der Waals surface area contributed by atoms with E-state index in [0.717, 1.165) is 123 Å². The number of anilines is 6. The molecule has 2 aliphatic carbocycles. The number of furan rings is 2. The number of rotatable bonds is 10. The van der Waals surface area contributed by atoms with Crippen LogP contribution in [0.4, 0.5) is 34.1 Å². The van der Waals surface area contributed by atoms with Crippen LogP contribution in [0.2, 0.25) is 0 Å². The number of fused-ring (bicyclic) bond motifs is 12. The smallest absolute Gasteiger partial charge is 0.137 e. The van der Waals surface area contributed by atoms with Crippen LogP contribution in [-0.4, -0.2) is 0 Å². The van der Waals surface area contributed by atoms with Crippen molar-refractivity contribution in [2.24, 2.45) is 0 Å². The molecule has 0 amide bonds. The lowest BCUT2D eigenvalue weighted by Crippen LogP contribution is -2.16. The van der Waals surface area contributed by atoms with Crippen molar-refractivity contribution >= 4 is 78.0 Å². The molecular weight excluding hydrogens is 1070 g/mol. The lowest BCUT2D eigenvalue weighted by atomic mass is 9.82. The Kier molecular flexibility index (Phi) is 11.6. The zero-order valence-corrected chi connectivity index (χ0v) is 49.4. The maximum absolute atomic E-state index is 6.88. The van der Waals surface area contributed by atoms with Crippen LogP contribution in [0.3, 0.4) is 0 Å². The molecule has 0 spiro atoms. The summed E-state index contributed by atoms with van der Waals surface area (Å²) in [6.45, 7) is 9.41. The van der Waals surface area contributed by atoms with Gasteiger partial charge in [-0.3, -0.25) is 0 Å². The summed E-state index contributed by atoms with van der Waals surface area (Å²) >= 11 is 0. The first kappa shape index (κ1) is 51.5. The van der Waals surface area contributed by atoms with Gasteiger partial charge in [0.05, 0.1) is 11.1 Å². The monoisotopic (exact) mass is 1130 g/mol. The van der Waals surface area contributed by atoms with Gasteiger partial charge < -0.3 is 18.6 Å². The minimum atomic E-state index is -0.118. The normalized spacial score (nSPS) is 13.4. The fraction of sp³-hybridized carbons (Fsp3) is 0.0714. The molecule has 4 nitrogen and oxygen atoms in total. The van der Waals surface area contributed by atoms with Crippen molar-refractivity contribution < 1.29 is 8.83 Å². The molecule has 2 aromatic heterocycles. The third kappa shape index (κ3) is 8.13. The van der Waals surface area contributed by atoms with Gasteiger partial charge in [0.25, 0.3) is 0 Å². The first-order chi connectivity index (χ1) is 43.1. The van der Waals surface area contributed by atoms with Crippen LogP contribution in [0.15, 0.2) is 300 Å². The average Bonchev–Trinajstić information content (AvgIpc) is 1.67. The Bertz CT molecular complexity index is 5190. The van der Waals surface area contributed by atoms with Crippen molar-refractivity contribution in [2.75, 3.05) is 9.80 Å². The minimum Gasteiger partial charge on any atom is -0.456 e. The standard InChI is InChI=1S/C84H60N2O2/c1-83(2)73-30-13-10-27-66(73)69-51-62(41-43-75(69)83)86(63-42-44-76-70(52-63)67-28-11-14-31-74(67)84(76,3)4)77-32-18-34-81-82(77)72-50-58(38-46-80(72)88-81)65-26-9-8-25-64(65)57-21-16-19-54(47-57)55-20-17-24-61(48-55)85(59-22-6-5-7-23-59)60-39-35-53(36-40-60)56-37-45-79-71(49-56)68-29-12-15-33-78(68)87-79/h5-52H,1-4H3. The van der Waals surface area contributed by atoms with Gasteiger partial charge in [-0.25, -0.2) is 0 Å². The van der Waals surface area contributed by atoms with E-state index in [0.29, 0.717) is 0 Å². The van der Waals surface area contributed by atoms with Gasteiger partial charge in [-0.05, 0) is 198 Å². The summed E-state index contributed by atoms with van der Waals surface area (Å²) in [6, 6.07) is 106. The second kappa shape index (κ2) is 19.8. The van der Waals surface area contributed by atoms with E-state index in [1.165, 1.54) is 44.5 Å². The first-order valence-corrected chi connectivity index (χ1v) is 30.5. The van der Waals surface area contributed by atoms with Crippen molar-refractivity contribution in [3.63, 3.8) is 0 Å². The summed E-state index contributed by atoms with van der Waals surface area (Å²) in [5.41, 5.74) is 29.4. The summed E-state index contributed by atoms with van der Waals surface area (Å²) < 4.78 is 13.0. The van der Waals surface area contributed by atoms with Crippen LogP contribution >= 0.6 is 0 Å². The molecule has 15 aromatic rings. The topological polar surface area (TPSA) is 32.8 Å². The lowest BCUT2D eigenvalue weighted by molar-refractivity contribution is 0.660. The van der Waals surface area contributed by atoms with Crippen molar-refractivity contribution in [3.8, 4) is 66.8 Å². The molecule has 0 saturated carbocycles. The predicted octanol–water partition coefficient (Wildman–Crippen LogP) is 23.7. The van der Waals surface area contributed by atoms with Crippen molar-refractivity contribution in [1.29, 1.82) is 0 Å². The van der Waals surface area contributed by atoms with E-state index < -0.39 is 0 Å². The highest BCUT2D eigenvalue weighted by Gasteiger charge is 2.38. The molecule has 0 atom stereocenters. The van der Waals surface area contributed by atoms with E-state index in [9.17, 15) is 0 Å². The fourth-order valence-corrected chi connectivity index (χ4v) is 14.7. The van der Waals surface area contributed by atoms with E-state index in [-0.39, 0.29) is 10.8 Å². The molecule has 2 aliphatic rings. The number of nitrogens with zero attached hydrogens (tertiary/aromatic N) is 2. The second-order valence-electron chi connectivity index (χ2n) is 24.8. The highest BCUT2D eigenvalue weighted by molar-refractivity contribution is 6.15. The average molecular weight is 1130 g/mol. The summed E-state index contributed by atoms with van der Waals surface area (Å²) in [5.74, 6) is 0. The van der Waals surface area contributed by atoms with Crippen LogP contribution < -0.4 is 9.80 Å². The maximum Gasteiger partial charge on any atom is 0.137 e. The van der Waals surface area contributed by atoms with Crippen LogP contribution in [-0.2, 0) is 10.8 Å². The zero-order chi connectivity index (χ0) is 58.8. The van der Waals surface area contributed by atoms with Gasteiger partial charge in [0.2, 0.25) is 0 Å². The Hall–Kier alpha value is -10.9. The van der Waals surface area contributed by atoms with E-state index >= 15 is 0 Å². The van der Waals surface area contributed by atoms with Crippen LogP contribution in [0.25, 0.3) is 111 Å². The Morgan fingerprint density at radius 2 is 0.670 bits per heavy atom. The van der Waals surface area contributed by atoms with Gasteiger partial charge >= 0.3 is 0 Å². The predicted molar refractivity (Wildman–Crippen MR) is 367 cm³/mol. The lowest BCUT2D eigenvalue weighted by Gasteiger charge is -2.29. The molecule has 418 valence electrons. The molecule has 0 unspecified atom stereocenters. The molecule has 2 heterocycles. The third-order valence-electron chi connectivity index (χ3n) is 19.1. The van der Waals surface area contributed by atoms with Gasteiger partial charge in [0.15, 0.2) is 0 Å².